The Morgan fingerprint density at radius 2 is 1.67 bits per heavy atom. The van der Waals surface area contributed by atoms with Gasteiger partial charge in [0.1, 0.15) is 0 Å². The Labute approximate surface area is 147 Å². The van der Waals surface area contributed by atoms with Gasteiger partial charge in [-0.15, -0.1) is 0 Å². The van der Waals surface area contributed by atoms with Crippen LogP contribution in [0.2, 0.25) is 5.02 Å². The molecule has 0 radical (unpaired) electrons. The predicted octanol–water partition coefficient (Wildman–Crippen LogP) is 2.91. The summed E-state index contributed by atoms with van der Waals surface area (Å²) in [7, 11) is -1.82. The first-order valence-electron chi connectivity index (χ1n) is 7.43. The minimum atomic E-state index is -3.51. The van der Waals surface area contributed by atoms with Gasteiger partial charge in [-0.05, 0) is 42.0 Å². The van der Waals surface area contributed by atoms with Gasteiger partial charge in [0, 0.05) is 30.7 Å². The zero-order valence-corrected chi connectivity index (χ0v) is 15.1. The molecule has 0 fully saturated rings. The van der Waals surface area contributed by atoms with Gasteiger partial charge in [0.25, 0.3) is 5.91 Å². The summed E-state index contributed by atoms with van der Waals surface area (Å²) in [5, 5.41) is 0.644. The maximum absolute atomic E-state index is 12.4. The minimum Gasteiger partial charge on any atom is -0.337 e. The van der Waals surface area contributed by atoms with Crippen molar-refractivity contribution in [2.45, 2.75) is 18.4 Å². The van der Waals surface area contributed by atoms with Crippen molar-refractivity contribution >= 4 is 27.5 Å². The second-order valence-corrected chi connectivity index (χ2v) is 7.52. The molecule has 24 heavy (non-hydrogen) atoms. The van der Waals surface area contributed by atoms with E-state index in [9.17, 15) is 13.2 Å². The van der Waals surface area contributed by atoms with Crippen molar-refractivity contribution in [2.75, 3.05) is 13.6 Å². The van der Waals surface area contributed by atoms with Crippen LogP contribution >= 0.6 is 11.6 Å². The van der Waals surface area contributed by atoms with Crippen LogP contribution in [0, 0.1) is 0 Å². The average Bonchev–Trinajstić information content (AvgIpc) is 2.56. The number of amides is 1. The Morgan fingerprint density at radius 1 is 1.08 bits per heavy atom. The number of sulfonamides is 1. The summed E-state index contributed by atoms with van der Waals surface area (Å²) < 4.78 is 26.2. The van der Waals surface area contributed by atoms with Crippen LogP contribution in [0.3, 0.4) is 0 Å². The molecule has 0 unspecified atom stereocenters. The van der Waals surface area contributed by atoms with E-state index in [0.717, 1.165) is 5.56 Å². The number of nitrogens with one attached hydrogen (secondary N) is 1. The smallest absolute Gasteiger partial charge is 0.253 e. The van der Waals surface area contributed by atoms with E-state index in [-0.39, 0.29) is 10.8 Å². The third-order valence-corrected chi connectivity index (χ3v) is 5.24. The Morgan fingerprint density at radius 3 is 2.21 bits per heavy atom. The molecule has 0 aliphatic rings. The molecule has 0 atom stereocenters. The fourth-order valence-electron chi connectivity index (χ4n) is 2.21. The molecule has 1 amide bonds. The van der Waals surface area contributed by atoms with E-state index < -0.39 is 10.0 Å². The number of hydrogen-bond acceptors (Lipinski definition) is 3. The van der Waals surface area contributed by atoms with Gasteiger partial charge in [0.15, 0.2) is 0 Å². The summed E-state index contributed by atoms with van der Waals surface area (Å²) in [5.41, 5.74) is 1.39. The summed E-state index contributed by atoms with van der Waals surface area (Å²) in [4.78, 5) is 14.1. The van der Waals surface area contributed by atoms with Crippen molar-refractivity contribution in [1.82, 2.24) is 9.62 Å². The predicted molar refractivity (Wildman–Crippen MR) is 94.6 cm³/mol. The lowest BCUT2D eigenvalue weighted by Crippen LogP contribution is -2.26. The van der Waals surface area contributed by atoms with Gasteiger partial charge in [-0.25, -0.2) is 13.1 Å². The summed E-state index contributed by atoms with van der Waals surface area (Å²) in [6.07, 6.45) is 0. The number of halogens is 1. The molecule has 2 aromatic carbocycles. The molecule has 5 nitrogen and oxygen atoms in total. The van der Waals surface area contributed by atoms with E-state index in [2.05, 4.69) is 4.72 Å². The maximum atomic E-state index is 12.4. The molecule has 0 bridgehead atoms. The lowest BCUT2D eigenvalue weighted by molar-refractivity contribution is 0.0785. The molecule has 1 N–H and O–H groups in total. The lowest BCUT2D eigenvalue weighted by atomic mass is 10.1. The van der Waals surface area contributed by atoms with Gasteiger partial charge < -0.3 is 4.90 Å². The van der Waals surface area contributed by atoms with Gasteiger partial charge in [-0.2, -0.15) is 0 Å². The molecule has 2 aromatic rings. The zero-order valence-electron chi connectivity index (χ0n) is 13.5. The monoisotopic (exact) mass is 366 g/mol. The molecule has 0 heterocycles. The highest BCUT2D eigenvalue weighted by Gasteiger charge is 2.16. The summed E-state index contributed by atoms with van der Waals surface area (Å²) in [6, 6.07) is 13.2. The lowest BCUT2D eigenvalue weighted by Gasteiger charge is -2.17. The number of rotatable bonds is 6. The second kappa shape index (κ2) is 7.79. The summed E-state index contributed by atoms with van der Waals surface area (Å²) in [6.45, 7) is 2.46. The number of carbonyl (C=O) groups excluding carboxylic acids is 1. The molecule has 0 saturated carbocycles. The van der Waals surface area contributed by atoms with E-state index >= 15 is 0 Å². The second-order valence-electron chi connectivity index (χ2n) is 5.31. The van der Waals surface area contributed by atoms with Gasteiger partial charge in [-0.1, -0.05) is 30.7 Å². The summed E-state index contributed by atoms with van der Waals surface area (Å²) in [5.74, 6) is -0.183. The fraction of sp³-hybridized carbons (Fsp3) is 0.235. The molecular formula is C17H19ClN2O3S. The zero-order chi connectivity index (χ0) is 17.7. The molecule has 128 valence electrons. The maximum Gasteiger partial charge on any atom is 0.253 e. The van der Waals surface area contributed by atoms with Crippen molar-refractivity contribution < 1.29 is 13.2 Å². The van der Waals surface area contributed by atoms with Crippen molar-refractivity contribution in [1.29, 1.82) is 0 Å². The highest BCUT2D eigenvalue weighted by Crippen LogP contribution is 2.14. The average molecular weight is 367 g/mol. The Kier molecular flexibility index (Phi) is 5.99. The van der Waals surface area contributed by atoms with Gasteiger partial charge in [-0.3, -0.25) is 4.79 Å². The Balaban J connectivity index is 2.10. The van der Waals surface area contributed by atoms with Crippen LogP contribution in [0.25, 0.3) is 0 Å². The normalized spacial score (nSPS) is 11.3. The standard InChI is InChI=1S/C17H19ClN2O3S/c1-3-19-24(22,23)16-10-6-14(7-11-16)17(21)20(2)12-13-4-8-15(18)9-5-13/h4-11,19H,3,12H2,1-2H3. The quantitative estimate of drug-likeness (QED) is 0.854. The molecule has 0 spiro atoms. The molecule has 2 rings (SSSR count). The molecule has 0 aromatic heterocycles. The van der Waals surface area contributed by atoms with Crippen LogP contribution in [-0.2, 0) is 16.6 Å². The van der Waals surface area contributed by atoms with Crippen molar-refractivity contribution in [2.24, 2.45) is 0 Å². The van der Waals surface area contributed by atoms with Crippen LogP contribution < -0.4 is 4.72 Å². The molecular weight excluding hydrogens is 348 g/mol. The van der Waals surface area contributed by atoms with E-state index in [1.807, 2.05) is 12.1 Å². The topological polar surface area (TPSA) is 66.5 Å². The van der Waals surface area contributed by atoms with E-state index in [1.54, 1.807) is 31.0 Å². The third-order valence-electron chi connectivity index (χ3n) is 3.43. The first-order chi connectivity index (χ1) is 11.3. The number of carbonyl (C=O) groups is 1. The SMILES string of the molecule is CCNS(=O)(=O)c1ccc(C(=O)N(C)Cc2ccc(Cl)cc2)cc1. The first kappa shape index (κ1) is 18.4. The Hall–Kier alpha value is -1.89. The summed E-state index contributed by atoms with van der Waals surface area (Å²) >= 11 is 5.85. The number of hydrogen-bond donors (Lipinski definition) is 1. The largest absolute Gasteiger partial charge is 0.337 e. The Bertz CT molecular complexity index is 803. The molecule has 0 aliphatic heterocycles. The molecule has 0 aliphatic carbocycles. The van der Waals surface area contributed by atoms with Crippen molar-refractivity contribution in [3.8, 4) is 0 Å². The minimum absolute atomic E-state index is 0.140. The van der Waals surface area contributed by atoms with Crippen molar-refractivity contribution in [3.05, 3.63) is 64.7 Å². The van der Waals surface area contributed by atoms with Gasteiger partial charge >= 0.3 is 0 Å². The molecule has 0 saturated heterocycles. The first-order valence-corrected chi connectivity index (χ1v) is 9.29. The van der Waals surface area contributed by atoms with Gasteiger partial charge in [0.05, 0.1) is 4.90 Å². The number of benzene rings is 2. The highest BCUT2D eigenvalue weighted by molar-refractivity contribution is 7.89. The number of nitrogens with zero attached hydrogens (tertiary/aromatic N) is 1. The van der Waals surface area contributed by atoms with Crippen LogP contribution in [0.5, 0.6) is 0 Å². The van der Waals surface area contributed by atoms with E-state index in [0.29, 0.717) is 23.7 Å². The van der Waals surface area contributed by atoms with Crippen LogP contribution in [0.1, 0.15) is 22.8 Å². The third kappa shape index (κ3) is 4.56. The van der Waals surface area contributed by atoms with Crippen LogP contribution in [0.4, 0.5) is 0 Å². The van der Waals surface area contributed by atoms with E-state index in [1.165, 1.54) is 24.3 Å². The van der Waals surface area contributed by atoms with Crippen LogP contribution in [-0.4, -0.2) is 32.8 Å². The fourth-order valence-corrected chi connectivity index (χ4v) is 3.37. The van der Waals surface area contributed by atoms with Gasteiger partial charge in [0.2, 0.25) is 10.0 Å². The van der Waals surface area contributed by atoms with Crippen LogP contribution in [0.15, 0.2) is 53.4 Å². The van der Waals surface area contributed by atoms with Crippen molar-refractivity contribution in [3.63, 3.8) is 0 Å². The molecule has 7 heteroatoms. The highest BCUT2D eigenvalue weighted by atomic mass is 35.5. The van der Waals surface area contributed by atoms with E-state index in [4.69, 9.17) is 11.6 Å².